The molecule has 1 aromatic carbocycles. The fourth-order valence-corrected chi connectivity index (χ4v) is 2.86. The van der Waals surface area contributed by atoms with Crippen LogP contribution in [0.15, 0.2) is 18.2 Å². The van der Waals surface area contributed by atoms with E-state index in [9.17, 15) is 14.4 Å². The van der Waals surface area contributed by atoms with E-state index < -0.39 is 17.9 Å². The fraction of sp³-hybridized carbons (Fsp3) is 0.438. The number of nitrogens with one attached hydrogen (secondary N) is 1. The Morgan fingerprint density at radius 3 is 2.87 bits per heavy atom. The summed E-state index contributed by atoms with van der Waals surface area (Å²) < 4.78 is 5.36. The van der Waals surface area contributed by atoms with Crippen LogP contribution < -0.4 is 10.1 Å². The number of aliphatic carboxylic acids is 1. The number of thioether (sulfide) groups is 1. The molecule has 1 amide bonds. The highest BCUT2D eigenvalue weighted by molar-refractivity contribution is 7.98. The standard InChI is InChI=1S/C16H19NO5S/c1-23-7-6-13(16(20)21)17-15(19)9-22-11-4-2-10-3-5-14(18)12(10)8-11/h2,4,8,13H,3,5-7,9H2,1H3,(H,17,19)(H,20,21)/t13-/m0/s1. The van der Waals surface area contributed by atoms with Crippen LogP contribution in [0.3, 0.4) is 0 Å². The van der Waals surface area contributed by atoms with Crippen molar-refractivity contribution in [1.29, 1.82) is 0 Å². The summed E-state index contributed by atoms with van der Waals surface area (Å²) in [5, 5.41) is 11.5. The van der Waals surface area contributed by atoms with Gasteiger partial charge in [-0.05, 0) is 42.5 Å². The van der Waals surface area contributed by atoms with E-state index in [2.05, 4.69) is 5.32 Å². The number of rotatable bonds is 8. The van der Waals surface area contributed by atoms with Gasteiger partial charge in [0.1, 0.15) is 11.8 Å². The first-order valence-corrected chi connectivity index (χ1v) is 8.70. The van der Waals surface area contributed by atoms with Crippen molar-refractivity contribution < 1.29 is 24.2 Å². The van der Waals surface area contributed by atoms with Crippen LogP contribution in [0.5, 0.6) is 5.75 Å². The summed E-state index contributed by atoms with van der Waals surface area (Å²) in [6, 6.07) is 4.26. The lowest BCUT2D eigenvalue weighted by atomic mass is 10.1. The zero-order valence-electron chi connectivity index (χ0n) is 12.8. The topological polar surface area (TPSA) is 92.7 Å². The molecule has 1 aliphatic rings. The predicted molar refractivity (Wildman–Crippen MR) is 87.2 cm³/mol. The molecule has 0 heterocycles. The minimum absolute atomic E-state index is 0.0814. The Kier molecular flexibility index (Phi) is 6.04. The number of amides is 1. The number of hydrogen-bond acceptors (Lipinski definition) is 5. The summed E-state index contributed by atoms with van der Waals surface area (Å²) in [4.78, 5) is 34.6. The molecule has 0 saturated carbocycles. The van der Waals surface area contributed by atoms with Crippen LogP contribution in [0.2, 0.25) is 0 Å². The van der Waals surface area contributed by atoms with E-state index >= 15 is 0 Å². The maximum absolute atomic E-state index is 11.8. The van der Waals surface area contributed by atoms with Gasteiger partial charge in [0, 0.05) is 12.0 Å². The molecule has 0 aliphatic heterocycles. The number of aryl methyl sites for hydroxylation is 1. The minimum atomic E-state index is -1.06. The van der Waals surface area contributed by atoms with Crippen molar-refractivity contribution in [3.8, 4) is 5.75 Å². The van der Waals surface area contributed by atoms with Crippen molar-refractivity contribution in [3.05, 3.63) is 29.3 Å². The van der Waals surface area contributed by atoms with Gasteiger partial charge in [-0.25, -0.2) is 4.79 Å². The van der Waals surface area contributed by atoms with Crippen molar-refractivity contribution in [2.24, 2.45) is 0 Å². The molecule has 23 heavy (non-hydrogen) atoms. The van der Waals surface area contributed by atoms with Crippen LogP contribution in [-0.2, 0) is 16.0 Å². The molecular formula is C16H19NO5S. The van der Waals surface area contributed by atoms with Crippen molar-refractivity contribution in [3.63, 3.8) is 0 Å². The number of ether oxygens (including phenoxy) is 1. The lowest BCUT2D eigenvalue weighted by molar-refractivity contribution is -0.142. The molecule has 2 N–H and O–H groups in total. The number of carbonyl (C=O) groups is 3. The highest BCUT2D eigenvalue weighted by Crippen LogP contribution is 2.26. The SMILES string of the molecule is CSCC[C@H](NC(=O)COc1ccc2c(c1)C(=O)CC2)C(=O)O. The number of carbonyl (C=O) groups excluding carboxylic acids is 2. The van der Waals surface area contributed by atoms with Crippen molar-refractivity contribution in [1.82, 2.24) is 5.32 Å². The maximum Gasteiger partial charge on any atom is 0.326 e. The maximum atomic E-state index is 11.8. The lowest BCUT2D eigenvalue weighted by Crippen LogP contribution is -2.43. The third-order valence-corrected chi connectivity index (χ3v) is 4.26. The van der Waals surface area contributed by atoms with Crippen LogP contribution in [0.4, 0.5) is 0 Å². The van der Waals surface area contributed by atoms with Gasteiger partial charge in [-0.1, -0.05) is 6.07 Å². The van der Waals surface area contributed by atoms with Crippen LogP contribution in [-0.4, -0.2) is 47.4 Å². The number of carboxylic acid groups (broad SMARTS) is 1. The van der Waals surface area contributed by atoms with Crippen LogP contribution in [0.1, 0.15) is 28.8 Å². The van der Waals surface area contributed by atoms with Gasteiger partial charge in [-0.3, -0.25) is 9.59 Å². The smallest absolute Gasteiger partial charge is 0.326 e. The first-order valence-electron chi connectivity index (χ1n) is 7.31. The number of hydrogen-bond donors (Lipinski definition) is 2. The summed E-state index contributed by atoms with van der Waals surface area (Å²) in [6.07, 6.45) is 3.48. The van der Waals surface area contributed by atoms with E-state index in [1.807, 2.05) is 12.3 Å². The van der Waals surface area contributed by atoms with E-state index in [1.54, 1.807) is 12.1 Å². The Balaban J connectivity index is 1.88. The number of fused-ring (bicyclic) bond motifs is 1. The molecule has 1 aromatic rings. The average molecular weight is 337 g/mol. The Hall–Kier alpha value is -2.02. The van der Waals surface area contributed by atoms with Crippen molar-refractivity contribution in [2.45, 2.75) is 25.3 Å². The zero-order chi connectivity index (χ0) is 16.8. The first kappa shape index (κ1) is 17.3. The average Bonchev–Trinajstić information content (AvgIpc) is 2.90. The molecule has 6 nitrogen and oxygen atoms in total. The highest BCUT2D eigenvalue weighted by atomic mass is 32.2. The minimum Gasteiger partial charge on any atom is -0.484 e. The number of benzene rings is 1. The Labute approximate surface area is 138 Å². The van der Waals surface area contributed by atoms with E-state index in [-0.39, 0.29) is 12.4 Å². The molecule has 124 valence electrons. The summed E-state index contributed by atoms with van der Waals surface area (Å²) in [5.41, 5.74) is 1.64. The molecule has 0 bridgehead atoms. The number of ketones is 1. The van der Waals surface area contributed by atoms with Crippen LogP contribution >= 0.6 is 11.8 Å². The van der Waals surface area contributed by atoms with Gasteiger partial charge in [0.15, 0.2) is 12.4 Å². The summed E-state index contributed by atoms with van der Waals surface area (Å²) in [5.74, 6) is -0.394. The Morgan fingerprint density at radius 2 is 2.17 bits per heavy atom. The monoisotopic (exact) mass is 337 g/mol. The third-order valence-electron chi connectivity index (χ3n) is 3.62. The predicted octanol–water partition coefficient (Wildman–Crippen LogP) is 1.52. The molecule has 0 aromatic heterocycles. The quantitative estimate of drug-likeness (QED) is 0.747. The molecule has 2 rings (SSSR count). The zero-order valence-corrected chi connectivity index (χ0v) is 13.6. The second-order valence-corrected chi connectivity index (χ2v) is 6.26. The Morgan fingerprint density at radius 1 is 1.39 bits per heavy atom. The fourth-order valence-electron chi connectivity index (χ4n) is 2.38. The molecule has 0 fully saturated rings. The number of carboxylic acids is 1. The molecular weight excluding hydrogens is 318 g/mol. The first-order chi connectivity index (χ1) is 11.0. The van der Waals surface area contributed by atoms with Gasteiger partial charge in [-0.2, -0.15) is 11.8 Å². The molecule has 0 radical (unpaired) electrons. The summed E-state index contributed by atoms with van der Waals surface area (Å²) in [7, 11) is 0. The van der Waals surface area contributed by atoms with E-state index in [4.69, 9.17) is 9.84 Å². The molecule has 1 atom stereocenters. The van der Waals surface area contributed by atoms with Crippen LogP contribution in [0.25, 0.3) is 0 Å². The second-order valence-electron chi connectivity index (χ2n) is 5.27. The molecule has 0 saturated heterocycles. The normalized spacial score (nSPS) is 14.2. The summed E-state index contributed by atoms with van der Waals surface area (Å²) in [6.45, 7) is -0.282. The Bertz CT molecular complexity index is 616. The lowest BCUT2D eigenvalue weighted by Gasteiger charge is -2.14. The van der Waals surface area contributed by atoms with E-state index in [0.29, 0.717) is 29.9 Å². The number of Topliss-reactive ketones (excluding diaryl/α,β-unsaturated/α-hetero) is 1. The molecule has 7 heteroatoms. The third kappa shape index (κ3) is 4.72. The van der Waals surface area contributed by atoms with Crippen molar-refractivity contribution in [2.75, 3.05) is 18.6 Å². The van der Waals surface area contributed by atoms with Gasteiger partial charge in [0.2, 0.25) is 0 Å². The van der Waals surface area contributed by atoms with Crippen molar-refractivity contribution >= 4 is 29.4 Å². The van der Waals surface area contributed by atoms with Gasteiger partial charge in [-0.15, -0.1) is 0 Å². The largest absolute Gasteiger partial charge is 0.484 e. The van der Waals surface area contributed by atoms with E-state index in [1.165, 1.54) is 11.8 Å². The van der Waals surface area contributed by atoms with Gasteiger partial charge in [0.05, 0.1) is 0 Å². The van der Waals surface area contributed by atoms with E-state index in [0.717, 1.165) is 12.0 Å². The van der Waals surface area contributed by atoms with Crippen LogP contribution in [0, 0.1) is 0 Å². The molecule has 0 unspecified atom stereocenters. The van der Waals surface area contributed by atoms with Gasteiger partial charge < -0.3 is 15.2 Å². The molecule has 0 spiro atoms. The molecule has 1 aliphatic carbocycles. The van der Waals surface area contributed by atoms with Gasteiger partial charge in [0.25, 0.3) is 5.91 Å². The summed E-state index contributed by atoms with van der Waals surface area (Å²) >= 11 is 1.52. The van der Waals surface area contributed by atoms with Gasteiger partial charge >= 0.3 is 5.97 Å². The second kappa shape index (κ2) is 8.01. The highest BCUT2D eigenvalue weighted by Gasteiger charge is 2.21.